The molecule has 0 amide bonds. The van der Waals surface area contributed by atoms with E-state index >= 15 is 0 Å². The van der Waals surface area contributed by atoms with Crippen LogP contribution in [0.2, 0.25) is 0 Å². The summed E-state index contributed by atoms with van der Waals surface area (Å²) in [5.74, 6) is 0. The number of halogens is 1. The van der Waals surface area contributed by atoms with E-state index in [0.717, 1.165) is 23.1 Å². The lowest BCUT2D eigenvalue weighted by Gasteiger charge is -2.30. The Balaban J connectivity index is 2.18. The first-order chi connectivity index (χ1) is 7.81. The molecule has 2 rings (SSSR count). The molecule has 0 radical (unpaired) electrons. The van der Waals surface area contributed by atoms with E-state index in [9.17, 15) is 5.26 Å². The van der Waals surface area contributed by atoms with Crippen LogP contribution in [0.3, 0.4) is 0 Å². The molecule has 1 heterocycles. The van der Waals surface area contributed by atoms with Crippen molar-refractivity contribution in [1.29, 1.82) is 5.26 Å². The summed E-state index contributed by atoms with van der Waals surface area (Å²) in [7, 11) is 0. The van der Waals surface area contributed by atoms with Crippen LogP contribution in [-0.4, -0.2) is 31.2 Å². The lowest BCUT2D eigenvalue weighted by atomic mass is 10.1. The molecule has 0 aliphatic carbocycles. The van der Waals surface area contributed by atoms with E-state index < -0.39 is 0 Å². The van der Waals surface area contributed by atoms with Crippen molar-refractivity contribution < 1.29 is 4.74 Å². The largest absolute Gasteiger partial charge is 0.379 e. The fourth-order valence-corrected chi connectivity index (χ4v) is 2.30. The summed E-state index contributed by atoms with van der Waals surface area (Å²) in [4.78, 5) is 2.16. The van der Waals surface area contributed by atoms with Crippen LogP contribution >= 0.6 is 15.9 Å². The molecule has 0 saturated carbocycles. The second kappa shape index (κ2) is 5.44. The smallest absolute Gasteiger partial charge is 0.124 e. The van der Waals surface area contributed by atoms with Gasteiger partial charge in [-0.15, -0.1) is 0 Å². The Morgan fingerprint density at radius 3 is 2.75 bits per heavy atom. The van der Waals surface area contributed by atoms with Gasteiger partial charge in [0.25, 0.3) is 0 Å². The SMILES string of the molecule is N#C[C@@H](c1cccc(Br)c1)N1CCOCC1. The van der Waals surface area contributed by atoms with Crippen molar-refractivity contribution in [2.24, 2.45) is 0 Å². The van der Waals surface area contributed by atoms with Gasteiger partial charge in [-0.05, 0) is 17.7 Å². The highest BCUT2D eigenvalue weighted by molar-refractivity contribution is 9.10. The van der Waals surface area contributed by atoms with Crippen LogP contribution < -0.4 is 0 Å². The van der Waals surface area contributed by atoms with Crippen LogP contribution in [0.4, 0.5) is 0 Å². The van der Waals surface area contributed by atoms with Gasteiger partial charge < -0.3 is 4.74 Å². The first kappa shape index (κ1) is 11.6. The van der Waals surface area contributed by atoms with Crippen molar-refractivity contribution in [3.63, 3.8) is 0 Å². The van der Waals surface area contributed by atoms with Crippen LogP contribution in [0.15, 0.2) is 28.7 Å². The van der Waals surface area contributed by atoms with Gasteiger partial charge in [0.15, 0.2) is 0 Å². The molecule has 1 aromatic carbocycles. The Hall–Kier alpha value is -0.890. The van der Waals surface area contributed by atoms with E-state index in [1.165, 1.54) is 0 Å². The van der Waals surface area contributed by atoms with Crippen molar-refractivity contribution in [2.45, 2.75) is 6.04 Å². The molecule has 1 aromatic rings. The predicted octanol–water partition coefficient (Wildman–Crippen LogP) is 2.35. The third-order valence-corrected chi connectivity index (χ3v) is 3.19. The minimum Gasteiger partial charge on any atom is -0.379 e. The van der Waals surface area contributed by atoms with E-state index in [1.807, 2.05) is 24.3 Å². The molecule has 0 unspecified atom stereocenters. The van der Waals surface area contributed by atoms with Crippen LogP contribution in [0, 0.1) is 11.3 Å². The van der Waals surface area contributed by atoms with Crippen LogP contribution in [0.1, 0.15) is 11.6 Å². The molecule has 1 fully saturated rings. The average molecular weight is 281 g/mol. The molecule has 0 aromatic heterocycles. The molecule has 0 bridgehead atoms. The average Bonchev–Trinajstić information content (AvgIpc) is 2.31. The first-order valence-corrected chi connectivity index (χ1v) is 6.07. The second-order valence-electron chi connectivity index (χ2n) is 3.73. The van der Waals surface area contributed by atoms with Crippen molar-refractivity contribution in [2.75, 3.05) is 26.3 Å². The van der Waals surface area contributed by atoms with Crippen molar-refractivity contribution >= 4 is 15.9 Å². The summed E-state index contributed by atoms with van der Waals surface area (Å²) in [6.45, 7) is 3.08. The number of morpholine rings is 1. The summed E-state index contributed by atoms with van der Waals surface area (Å²) in [5, 5.41) is 9.27. The molecule has 16 heavy (non-hydrogen) atoms. The Labute approximate surface area is 104 Å². The van der Waals surface area contributed by atoms with E-state index in [1.54, 1.807) is 0 Å². The topological polar surface area (TPSA) is 36.3 Å². The maximum atomic E-state index is 9.27. The Bertz CT molecular complexity index is 396. The minimum atomic E-state index is -0.165. The lowest BCUT2D eigenvalue weighted by molar-refractivity contribution is 0.0266. The summed E-state index contributed by atoms with van der Waals surface area (Å²) in [6, 6.07) is 10.1. The second-order valence-corrected chi connectivity index (χ2v) is 4.65. The van der Waals surface area contributed by atoms with Gasteiger partial charge in [0.1, 0.15) is 6.04 Å². The zero-order chi connectivity index (χ0) is 11.4. The van der Waals surface area contributed by atoms with Gasteiger partial charge in [0.05, 0.1) is 19.3 Å². The molecule has 1 aliphatic heterocycles. The van der Waals surface area contributed by atoms with Gasteiger partial charge >= 0.3 is 0 Å². The van der Waals surface area contributed by atoms with E-state index in [0.29, 0.717) is 13.2 Å². The molecular formula is C12H13BrN2O. The van der Waals surface area contributed by atoms with Crippen molar-refractivity contribution in [1.82, 2.24) is 4.90 Å². The molecule has 0 spiro atoms. The van der Waals surface area contributed by atoms with Crippen molar-refractivity contribution in [3.8, 4) is 6.07 Å². The number of hydrogen-bond donors (Lipinski definition) is 0. The summed E-state index contributed by atoms with van der Waals surface area (Å²) >= 11 is 3.43. The summed E-state index contributed by atoms with van der Waals surface area (Å²) < 4.78 is 6.31. The fraction of sp³-hybridized carbons (Fsp3) is 0.417. The number of benzene rings is 1. The molecule has 3 nitrogen and oxygen atoms in total. The van der Waals surface area contributed by atoms with Gasteiger partial charge in [0.2, 0.25) is 0 Å². The molecule has 1 saturated heterocycles. The molecule has 84 valence electrons. The van der Waals surface area contributed by atoms with E-state index in [-0.39, 0.29) is 6.04 Å². The Morgan fingerprint density at radius 2 is 2.12 bits per heavy atom. The Morgan fingerprint density at radius 1 is 1.38 bits per heavy atom. The molecule has 4 heteroatoms. The fourth-order valence-electron chi connectivity index (χ4n) is 1.88. The van der Waals surface area contributed by atoms with Gasteiger partial charge in [0, 0.05) is 17.6 Å². The normalized spacial score (nSPS) is 19.0. The third kappa shape index (κ3) is 2.62. The number of hydrogen-bond acceptors (Lipinski definition) is 3. The third-order valence-electron chi connectivity index (χ3n) is 2.70. The number of nitrogens with zero attached hydrogens (tertiary/aromatic N) is 2. The number of nitriles is 1. The summed E-state index contributed by atoms with van der Waals surface area (Å²) in [5.41, 5.74) is 1.04. The maximum Gasteiger partial charge on any atom is 0.124 e. The monoisotopic (exact) mass is 280 g/mol. The highest BCUT2D eigenvalue weighted by Crippen LogP contribution is 2.23. The van der Waals surface area contributed by atoms with Gasteiger partial charge in [-0.25, -0.2) is 0 Å². The van der Waals surface area contributed by atoms with E-state index in [2.05, 4.69) is 26.9 Å². The molecule has 1 aliphatic rings. The van der Waals surface area contributed by atoms with Gasteiger partial charge in [-0.3, -0.25) is 4.90 Å². The van der Waals surface area contributed by atoms with Crippen LogP contribution in [-0.2, 0) is 4.74 Å². The number of rotatable bonds is 2. The highest BCUT2D eigenvalue weighted by Gasteiger charge is 2.22. The van der Waals surface area contributed by atoms with Gasteiger partial charge in [-0.2, -0.15) is 5.26 Å². The quantitative estimate of drug-likeness (QED) is 0.835. The highest BCUT2D eigenvalue weighted by atomic mass is 79.9. The number of ether oxygens (including phenoxy) is 1. The van der Waals surface area contributed by atoms with Crippen LogP contribution in [0.25, 0.3) is 0 Å². The zero-order valence-corrected chi connectivity index (χ0v) is 10.5. The standard InChI is InChI=1S/C12H13BrN2O/c13-11-3-1-2-10(8-11)12(9-14)15-4-6-16-7-5-15/h1-3,8,12H,4-7H2/t12-/m0/s1. The summed E-state index contributed by atoms with van der Waals surface area (Å²) in [6.07, 6.45) is 0. The van der Waals surface area contributed by atoms with E-state index in [4.69, 9.17) is 4.74 Å². The lowest BCUT2D eigenvalue weighted by Crippen LogP contribution is -2.38. The predicted molar refractivity (Wildman–Crippen MR) is 64.9 cm³/mol. The maximum absolute atomic E-state index is 9.27. The Kier molecular flexibility index (Phi) is 3.94. The zero-order valence-electron chi connectivity index (χ0n) is 8.90. The molecule has 1 atom stereocenters. The molecular weight excluding hydrogens is 268 g/mol. The minimum absolute atomic E-state index is 0.165. The van der Waals surface area contributed by atoms with Crippen molar-refractivity contribution in [3.05, 3.63) is 34.3 Å². The van der Waals surface area contributed by atoms with Crippen LogP contribution in [0.5, 0.6) is 0 Å². The molecule has 0 N–H and O–H groups in total. The van der Waals surface area contributed by atoms with Gasteiger partial charge in [-0.1, -0.05) is 28.1 Å². The first-order valence-electron chi connectivity index (χ1n) is 5.28.